The Morgan fingerprint density at radius 1 is 1.27 bits per heavy atom. The standard InChI is InChI=1S/C19H24N4O2S/c1-5-7-20-19-21-17-14(8-12(3)9-16(17)26-19)11-23-13(4)10-15(22-23)18(24)25-6-2/h8-10H,5-7,11H2,1-4H3,(H,20,21). The molecule has 2 heterocycles. The highest BCUT2D eigenvalue weighted by Crippen LogP contribution is 2.30. The van der Waals surface area contributed by atoms with Gasteiger partial charge in [0.1, 0.15) is 0 Å². The number of fused-ring (bicyclic) bond motifs is 1. The molecule has 1 N–H and O–H groups in total. The number of aromatic nitrogens is 3. The zero-order chi connectivity index (χ0) is 18.7. The summed E-state index contributed by atoms with van der Waals surface area (Å²) in [5.74, 6) is -0.386. The van der Waals surface area contributed by atoms with Crippen LogP contribution in [0.4, 0.5) is 5.13 Å². The molecule has 0 aliphatic heterocycles. The van der Waals surface area contributed by atoms with E-state index < -0.39 is 0 Å². The van der Waals surface area contributed by atoms with E-state index in [1.165, 1.54) is 5.56 Å². The molecule has 0 fully saturated rings. The molecule has 0 atom stereocenters. The summed E-state index contributed by atoms with van der Waals surface area (Å²) in [5.41, 5.74) is 4.54. The van der Waals surface area contributed by atoms with Gasteiger partial charge in [0.25, 0.3) is 0 Å². The van der Waals surface area contributed by atoms with Crippen LogP contribution in [0.3, 0.4) is 0 Å². The fourth-order valence-electron chi connectivity index (χ4n) is 2.82. The molecule has 0 aliphatic carbocycles. The first-order valence-corrected chi connectivity index (χ1v) is 9.69. The Balaban J connectivity index is 1.93. The lowest BCUT2D eigenvalue weighted by atomic mass is 10.1. The third kappa shape index (κ3) is 3.88. The third-order valence-corrected chi connectivity index (χ3v) is 4.99. The lowest BCUT2D eigenvalue weighted by Crippen LogP contribution is -2.09. The minimum Gasteiger partial charge on any atom is -0.461 e. The maximum atomic E-state index is 11.9. The summed E-state index contributed by atoms with van der Waals surface area (Å²) in [4.78, 5) is 16.7. The van der Waals surface area contributed by atoms with E-state index >= 15 is 0 Å². The highest BCUT2D eigenvalue weighted by atomic mass is 32.1. The van der Waals surface area contributed by atoms with Crippen LogP contribution in [-0.4, -0.2) is 33.9 Å². The van der Waals surface area contributed by atoms with Crippen LogP contribution < -0.4 is 5.32 Å². The highest BCUT2D eigenvalue weighted by molar-refractivity contribution is 7.22. The molecule has 6 nitrogen and oxygen atoms in total. The molecule has 0 saturated carbocycles. The number of carbonyl (C=O) groups is 1. The predicted molar refractivity (Wildman–Crippen MR) is 105 cm³/mol. The summed E-state index contributed by atoms with van der Waals surface area (Å²) in [6.45, 7) is 9.78. The Hall–Kier alpha value is -2.41. The molecule has 0 saturated heterocycles. The second kappa shape index (κ2) is 7.86. The fraction of sp³-hybridized carbons (Fsp3) is 0.421. The molecule has 26 heavy (non-hydrogen) atoms. The molecule has 0 spiro atoms. The van der Waals surface area contributed by atoms with Crippen molar-refractivity contribution < 1.29 is 9.53 Å². The van der Waals surface area contributed by atoms with Gasteiger partial charge in [-0.3, -0.25) is 4.68 Å². The lowest BCUT2D eigenvalue weighted by molar-refractivity contribution is 0.0518. The van der Waals surface area contributed by atoms with E-state index in [9.17, 15) is 4.79 Å². The number of thiazole rings is 1. The van der Waals surface area contributed by atoms with E-state index in [0.29, 0.717) is 18.8 Å². The molecule has 0 bridgehead atoms. The first-order valence-electron chi connectivity index (χ1n) is 8.87. The van der Waals surface area contributed by atoms with Gasteiger partial charge in [-0.05, 0) is 44.9 Å². The van der Waals surface area contributed by atoms with Gasteiger partial charge in [0.05, 0.1) is 23.4 Å². The molecule has 3 aromatic rings. The SMILES string of the molecule is CCCNc1nc2c(Cn3nc(C(=O)OCC)cc3C)cc(C)cc2s1. The second-order valence-corrected chi connectivity index (χ2v) is 7.30. The molecule has 0 amide bonds. The Kier molecular flexibility index (Phi) is 5.56. The van der Waals surface area contributed by atoms with Crippen molar-refractivity contribution in [1.82, 2.24) is 14.8 Å². The average molecular weight is 372 g/mol. The first kappa shape index (κ1) is 18.4. The zero-order valence-electron chi connectivity index (χ0n) is 15.6. The minimum absolute atomic E-state index is 0.343. The van der Waals surface area contributed by atoms with Gasteiger partial charge in [-0.2, -0.15) is 5.10 Å². The van der Waals surface area contributed by atoms with Crippen molar-refractivity contribution in [3.63, 3.8) is 0 Å². The van der Waals surface area contributed by atoms with E-state index in [2.05, 4.69) is 36.4 Å². The largest absolute Gasteiger partial charge is 0.461 e. The van der Waals surface area contributed by atoms with Crippen molar-refractivity contribution >= 4 is 32.7 Å². The van der Waals surface area contributed by atoms with E-state index in [0.717, 1.165) is 39.6 Å². The monoisotopic (exact) mass is 372 g/mol. The van der Waals surface area contributed by atoms with Crippen molar-refractivity contribution in [2.24, 2.45) is 0 Å². The smallest absolute Gasteiger partial charge is 0.358 e. The number of hydrogen-bond donors (Lipinski definition) is 1. The van der Waals surface area contributed by atoms with Crippen molar-refractivity contribution in [1.29, 1.82) is 0 Å². The maximum Gasteiger partial charge on any atom is 0.358 e. The van der Waals surface area contributed by atoms with Crippen LogP contribution in [0.2, 0.25) is 0 Å². The van der Waals surface area contributed by atoms with Gasteiger partial charge >= 0.3 is 5.97 Å². The topological polar surface area (TPSA) is 69.0 Å². The van der Waals surface area contributed by atoms with Crippen LogP contribution in [0.1, 0.15) is 47.6 Å². The normalized spacial score (nSPS) is 11.1. The van der Waals surface area contributed by atoms with Gasteiger partial charge in [-0.25, -0.2) is 9.78 Å². The van der Waals surface area contributed by atoms with Crippen LogP contribution in [0, 0.1) is 13.8 Å². The number of nitrogens with zero attached hydrogens (tertiary/aromatic N) is 3. The zero-order valence-corrected chi connectivity index (χ0v) is 16.4. The number of hydrogen-bond acceptors (Lipinski definition) is 6. The quantitative estimate of drug-likeness (QED) is 0.631. The summed E-state index contributed by atoms with van der Waals surface area (Å²) in [6.07, 6.45) is 1.06. The number of nitrogens with one attached hydrogen (secondary N) is 1. The molecule has 2 aromatic heterocycles. The predicted octanol–water partition coefficient (Wildman–Crippen LogP) is 4.16. The molecule has 0 radical (unpaired) electrons. The Morgan fingerprint density at radius 3 is 2.81 bits per heavy atom. The van der Waals surface area contributed by atoms with Gasteiger partial charge in [0.15, 0.2) is 10.8 Å². The number of ether oxygens (including phenoxy) is 1. The molecule has 138 valence electrons. The molecule has 3 rings (SSSR count). The Bertz CT molecular complexity index is 929. The van der Waals surface area contributed by atoms with Crippen LogP contribution in [0.15, 0.2) is 18.2 Å². The molecule has 0 aliphatic rings. The highest BCUT2D eigenvalue weighted by Gasteiger charge is 2.15. The molecule has 1 aromatic carbocycles. The van der Waals surface area contributed by atoms with E-state index in [1.807, 2.05) is 11.6 Å². The number of carbonyl (C=O) groups excluding carboxylic acids is 1. The minimum atomic E-state index is -0.386. The number of rotatable bonds is 7. The average Bonchev–Trinajstić information content (AvgIpc) is 3.17. The van der Waals surface area contributed by atoms with E-state index in [4.69, 9.17) is 9.72 Å². The fourth-order valence-corrected chi connectivity index (χ4v) is 3.85. The molecular formula is C19H24N4O2S. The maximum absolute atomic E-state index is 11.9. The first-order chi connectivity index (χ1) is 12.5. The lowest BCUT2D eigenvalue weighted by Gasteiger charge is -2.07. The van der Waals surface area contributed by atoms with Gasteiger partial charge < -0.3 is 10.1 Å². The van der Waals surface area contributed by atoms with Gasteiger partial charge in [-0.1, -0.05) is 24.3 Å². The summed E-state index contributed by atoms with van der Waals surface area (Å²) < 4.78 is 8.04. The molecular weight excluding hydrogens is 348 g/mol. The van der Waals surface area contributed by atoms with Crippen molar-refractivity contribution in [2.45, 2.75) is 40.7 Å². The Labute approximate surface area is 157 Å². The third-order valence-electron chi connectivity index (χ3n) is 4.03. The molecule has 7 heteroatoms. The van der Waals surface area contributed by atoms with Crippen LogP contribution in [0.5, 0.6) is 0 Å². The van der Waals surface area contributed by atoms with E-state index in [1.54, 1.807) is 24.3 Å². The van der Waals surface area contributed by atoms with Crippen molar-refractivity contribution in [3.05, 3.63) is 40.7 Å². The summed E-state index contributed by atoms with van der Waals surface area (Å²) in [5, 5.41) is 8.72. The number of benzene rings is 1. The Morgan fingerprint density at radius 2 is 2.08 bits per heavy atom. The van der Waals surface area contributed by atoms with Gasteiger partial charge in [-0.15, -0.1) is 0 Å². The number of anilines is 1. The summed E-state index contributed by atoms with van der Waals surface area (Å²) >= 11 is 1.67. The van der Waals surface area contributed by atoms with Gasteiger partial charge in [0.2, 0.25) is 0 Å². The summed E-state index contributed by atoms with van der Waals surface area (Å²) in [7, 11) is 0. The van der Waals surface area contributed by atoms with Crippen LogP contribution in [-0.2, 0) is 11.3 Å². The number of aryl methyl sites for hydroxylation is 2. The van der Waals surface area contributed by atoms with Gasteiger partial charge in [0, 0.05) is 17.8 Å². The van der Waals surface area contributed by atoms with Crippen molar-refractivity contribution in [3.8, 4) is 0 Å². The van der Waals surface area contributed by atoms with E-state index in [-0.39, 0.29) is 5.97 Å². The van der Waals surface area contributed by atoms with Crippen LogP contribution in [0.25, 0.3) is 10.2 Å². The summed E-state index contributed by atoms with van der Waals surface area (Å²) in [6, 6.07) is 6.06. The number of esters is 1. The van der Waals surface area contributed by atoms with Crippen LogP contribution >= 0.6 is 11.3 Å². The molecule has 0 unspecified atom stereocenters. The second-order valence-electron chi connectivity index (χ2n) is 6.27. The van der Waals surface area contributed by atoms with Crippen molar-refractivity contribution in [2.75, 3.05) is 18.5 Å².